The van der Waals surface area contributed by atoms with Gasteiger partial charge in [0.25, 0.3) is 0 Å². The number of benzene rings is 2. The molecule has 0 heterocycles. The summed E-state index contributed by atoms with van der Waals surface area (Å²) >= 11 is 13.8. The highest BCUT2D eigenvalue weighted by molar-refractivity contribution is 7.99. The van der Waals surface area contributed by atoms with Gasteiger partial charge < -0.3 is 10.2 Å². The number of nitrogens with zero attached hydrogens (tertiary/aromatic N) is 1. The van der Waals surface area contributed by atoms with Gasteiger partial charge in [0, 0.05) is 17.8 Å². The molecule has 0 fully saturated rings. The number of hydrogen-bond donors (Lipinski definition) is 1. The fourth-order valence-corrected chi connectivity index (χ4v) is 4.53. The predicted molar refractivity (Wildman–Crippen MR) is 136 cm³/mol. The predicted octanol–water partition coefficient (Wildman–Crippen LogP) is 6.26. The van der Waals surface area contributed by atoms with Crippen molar-refractivity contribution in [2.75, 3.05) is 5.75 Å². The van der Waals surface area contributed by atoms with Crippen LogP contribution in [0.1, 0.15) is 50.8 Å². The van der Waals surface area contributed by atoms with Crippen molar-refractivity contribution < 1.29 is 9.59 Å². The molecular weight excluding hydrogens is 463 g/mol. The molecule has 0 saturated heterocycles. The Balaban J connectivity index is 2.19. The Kier molecular flexibility index (Phi) is 9.93. The Bertz CT molecular complexity index is 944. The largest absolute Gasteiger partial charge is 0.350 e. The Morgan fingerprint density at radius 3 is 2.38 bits per heavy atom. The molecular formula is C25H32Cl2N2O2S. The number of carbonyl (C=O) groups is 2. The normalized spacial score (nSPS) is 12.3. The van der Waals surface area contributed by atoms with Crippen LogP contribution in [0.25, 0.3) is 0 Å². The molecule has 4 nitrogen and oxygen atoms in total. The number of nitrogens with one attached hydrogen (secondary N) is 1. The topological polar surface area (TPSA) is 49.4 Å². The minimum absolute atomic E-state index is 0.0790. The molecule has 1 atom stereocenters. The zero-order chi connectivity index (χ0) is 23.9. The molecule has 174 valence electrons. The lowest BCUT2D eigenvalue weighted by Crippen LogP contribution is -2.53. The summed E-state index contributed by atoms with van der Waals surface area (Å²) in [5, 5.41) is 3.90. The summed E-state index contributed by atoms with van der Waals surface area (Å²) < 4.78 is 0. The first-order valence-electron chi connectivity index (χ1n) is 10.7. The molecule has 2 amide bonds. The molecule has 2 aromatic rings. The summed E-state index contributed by atoms with van der Waals surface area (Å²) in [7, 11) is 0. The summed E-state index contributed by atoms with van der Waals surface area (Å²) in [5.74, 6) is 0.787. The zero-order valence-corrected chi connectivity index (χ0v) is 21.7. The van der Waals surface area contributed by atoms with Gasteiger partial charge in [-0.1, -0.05) is 66.0 Å². The second kappa shape index (κ2) is 12.0. The summed E-state index contributed by atoms with van der Waals surface area (Å²) in [5.41, 5.74) is 2.82. The van der Waals surface area contributed by atoms with Crippen molar-refractivity contribution in [1.29, 1.82) is 0 Å². The molecule has 0 radical (unpaired) electrons. The number of halogens is 2. The van der Waals surface area contributed by atoms with E-state index in [1.807, 2.05) is 39.8 Å². The summed E-state index contributed by atoms with van der Waals surface area (Å²) in [6, 6.07) is 13.0. The van der Waals surface area contributed by atoms with Crippen LogP contribution in [0.3, 0.4) is 0 Å². The number of rotatable bonds is 9. The van der Waals surface area contributed by atoms with Crippen LogP contribution in [-0.4, -0.2) is 34.0 Å². The molecule has 2 aromatic carbocycles. The maximum absolute atomic E-state index is 13.3. The van der Waals surface area contributed by atoms with E-state index in [-0.39, 0.29) is 29.7 Å². The Labute approximate surface area is 206 Å². The van der Waals surface area contributed by atoms with Crippen LogP contribution in [0.4, 0.5) is 0 Å². The van der Waals surface area contributed by atoms with Gasteiger partial charge in [-0.05, 0) is 57.4 Å². The molecule has 0 saturated carbocycles. The first-order valence-corrected chi connectivity index (χ1v) is 12.6. The van der Waals surface area contributed by atoms with Crippen LogP contribution < -0.4 is 5.32 Å². The van der Waals surface area contributed by atoms with Gasteiger partial charge in [-0.15, -0.1) is 11.8 Å². The third kappa shape index (κ3) is 8.34. The number of hydrogen-bond acceptors (Lipinski definition) is 3. The molecule has 0 aliphatic rings. The number of aryl methyl sites for hydroxylation is 1. The highest BCUT2D eigenvalue weighted by atomic mass is 35.5. The SMILES string of the molecule is CC[C@H](C(=O)NC(C)(C)C)N(Cc1ccc(Cl)c(Cl)c1)C(=O)CSCc1cccc(C)c1. The fraction of sp³-hybridized carbons (Fsp3) is 0.440. The second-order valence-corrected chi connectivity index (χ2v) is 10.7. The highest BCUT2D eigenvalue weighted by Crippen LogP contribution is 2.25. The minimum Gasteiger partial charge on any atom is -0.350 e. The highest BCUT2D eigenvalue weighted by Gasteiger charge is 2.30. The third-order valence-corrected chi connectivity index (χ3v) is 6.53. The summed E-state index contributed by atoms with van der Waals surface area (Å²) in [4.78, 5) is 28.0. The average molecular weight is 496 g/mol. The van der Waals surface area contributed by atoms with Gasteiger partial charge in [-0.2, -0.15) is 0 Å². The fourth-order valence-electron chi connectivity index (χ4n) is 3.35. The van der Waals surface area contributed by atoms with Gasteiger partial charge in [0.1, 0.15) is 6.04 Å². The van der Waals surface area contributed by atoms with Gasteiger partial charge in [-0.3, -0.25) is 9.59 Å². The Morgan fingerprint density at radius 2 is 1.78 bits per heavy atom. The van der Waals surface area contributed by atoms with E-state index in [0.29, 0.717) is 16.5 Å². The van der Waals surface area contributed by atoms with E-state index in [1.54, 1.807) is 28.8 Å². The number of carbonyl (C=O) groups excluding carboxylic acids is 2. The van der Waals surface area contributed by atoms with Gasteiger partial charge >= 0.3 is 0 Å². The molecule has 0 spiro atoms. The van der Waals surface area contributed by atoms with Crippen LogP contribution in [0.15, 0.2) is 42.5 Å². The van der Waals surface area contributed by atoms with Crippen LogP contribution in [0, 0.1) is 6.92 Å². The van der Waals surface area contributed by atoms with Crippen LogP contribution >= 0.6 is 35.0 Å². The molecule has 0 aliphatic carbocycles. The zero-order valence-electron chi connectivity index (χ0n) is 19.4. The Morgan fingerprint density at radius 1 is 1.06 bits per heavy atom. The van der Waals surface area contributed by atoms with E-state index in [2.05, 4.69) is 30.4 Å². The summed E-state index contributed by atoms with van der Waals surface area (Å²) in [6.07, 6.45) is 0.511. The average Bonchev–Trinajstić information content (AvgIpc) is 2.69. The molecule has 0 aliphatic heterocycles. The molecule has 1 N–H and O–H groups in total. The van der Waals surface area contributed by atoms with Crippen molar-refractivity contribution in [3.8, 4) is 0 Å². The van der Waals surface area contributed by atoms with Gasteiger partial charge in [0.2, 0.25) is 11.8 Å². The molecule has 7 heteroatoms. The van der Waals surface area contributed by atoms with Crippen molar-refractivity contribution in [2.45, 2.75) is 64.9 Å². The van der Waals surface area contributed by atoms with Crippen molar-refractivity contribution in [2.24, 2.45) is 0 Å². The van der Waals surface area contributed by atoms with Gasteiger partial charge in [0.05, 0.1) is 15.8 Å². The smallest absolute Gasteiger partial charge is 0.243 e. The van der Waals surface area contributed by atoms with Gasteiger partial charge in [-0.25, -0.2) is 0 Å². The van der Waals surface area contributed by atoms with Crippen molar-refractivity contribution in [3.05, 3.63) is 69.2 Å². The van der Waals surface area contributed by atoms with Crippen LogP contribution in [0.2, 0.25) is 10.0 Å². The van der Waals surface area contributed by atoms with E-state index in [9.17, 15) is 9.59 Å². The van der Waals surface area contributed by atoms with Crippen molar-refractivity contribution in [1.82, 2.24) is 10.2 Å². The minimum atomic E-state index is -0.573. The van der Waals surface area contributed by atoms with E-state index >= 15 is 0 Å². The molecule has 32 heavy (non-hydrogen) atoms. The van der Waals surface area contributed by atoms with E-state index in [4.69, 9.17) is 23.2 Å². The van der Waals surface area contributed by atoms with Crippen molar-refractivity contribution in [3.63, 3.8) is 0 Å². The first kappa shape index (κ1) is 26.6. The summed E-state index contributed by atoms with van der Waals surface area (Å²) in [6.45, 7) is 10.1. The van der Waals surface area contributed by atoms with Crippen LogP contribution in [0.5, 0.6) is 0 Å². The second-order valence-electron chi connectivity index (χ2n) is 8.92. The molecule has 0 bridgehead atoms. The maximum atomic E-state index is 13.3. The first-order chi connectivity index (χ1) is 15.0. The Hall–Kier alpha value is -1.69. The quantitative estimate of drug-likeness (QED) is 0.447. The molecule has 0 aromatic heterocycles. The number of amides is 2. The lowest BCUT2D eigenvalue weighted by molar-refractivity contribution is -0.140. The van der Waals surface area contributed by atoms with E-state index in [1.165, 1.54) is 11.1 Å². The molecule has 0 unspecified atom stereocenters. The van der Waals surface area contributed by atoms with E-state index < -0.39 is 6.04 Å². The van der Waals surface area contributed by atoms with Crippen molar-refractivity contribution >= 4 is 46.8 Å². The van der Waals surface area contributed by atoms with Crippen LogP contribution in [-0.2, 0) is 21.9 Å². The molecule has 2 rings (SSSR count). The standard InChI is InChI=1S/C25H32Cl2N2O2S/c1-6-22(24(31)28-25(3,4)5)29(14-18-10-11-20(26)21(27)13-18)23(30)16-32-15-19-9-7-8-17(2)12-19/h7-13,22H,6,14-16H2,1-5H3,(H,28,31)/t22-/m1/s1. The third-order valence-electron chi connectivity index (χ3n) is 4.80. The lowest BCUT2D eigenvalue weighted by atomic mass is 10.1. The number of thioether (sulfide) groups is 1. The van der Waals surface area contributed by atoms with E-state index in [0.717, 1.165) is 11.3 Å². The van der Waals surface area contributed by atoms with Gasteiger partial charge in [0.15, 0.2) is 0 Å². The lowest BCUT2D eigenvalue weighted by Gasteiger charge is -2.33. The monoisotopic (exact) mass is 494 g/mol. The maximum Gasteiger partial charge on any atom is 0.243 e.